The highest BCUT2D eigenvalue weighted by atomic mass is 32.2. The second-order valence-electron chi connectivity index (χ2n) is 3.08. The molecule has 1 saturated heterocycles. The van der Waals surface area contributed by atoms with Crippen molar-refractivity contribution in [1.29, 1.82) is 0 Å². The maximum absolute atomic E-state index is 5.34. The average molecular weight is 202 g/mol. The molecule has 1 unspecified atom stereocenters. The van der Waals surface area contributed by atoms with Crippen LogP contribution in [0.5, 0.6) is 0 Å². The van der Waals surface area contributed by atoms with Crippen LogP contribution in [0.3, 0.4) is 0 Å². The van der Waals surface area contributed by atoms with Crippen molar-refractivity contribution in [1.82, 2.24) is 10.7 Å². The number of hydrogen-bond donors (Lipinski definition) is 3. The number of nitrogens with zero attached hydrogens (tertiary/aromatic N) is 1. The van der Waals surface area contributed by atoms with E-state index >= 15 is 0 Å². The first-order valence-corrected chi connectivity index (χ1v) is 5.87. The van der Waals surface area contributed by atoms with Gasteiger partial charge >= 0.3 is 0 Å². The minimum absolute atomic E-state index is 0.539. The van der Waals surface area contributed by atoms with E-state index in [0.717, 1.165) is 24.7 Å². The fourth-order valence-electron chi connectivity index (χ4n) is 1.20. The number of rotatable bonds is 3. The van der Waals surface area contributed by atoms with Crippen molar-refractivity contribution < 1.29 is 0 Å². The molecule has 1 fully saturated rings. The first-order valence-electron chi connectivity index (χ1n) is 4.72. The van der Waals surface area contributed by atoms with Crippen molar-refractivity contribution in [2.24, 2.45) is 10.8 Å². The molecule has 0 saturated carbocycles. The average Bonchev–Trinajstić information content (AvgIpc) is 2.64. The molecule has 0 aromatic heterocycles. The lowest BCUT2D eigenvalue weighted by atomic mass is 10.3. The minimum atomic E-state index is 0.539. The van der Waals surface area contributed by atoms with Crippen LogP contribution in [0.1, 0.15) is 19.8 Å². The second-order valence-corrected chi connectivity index (χ2v) is 4.23. The van der Waals surface area contributed by atoms with Gasteiger partial charge in [0.15, 0.2) is 0 Å². The molecule has 76 valence electrons. The summed E-state index contributed by atoms with van der Waals surface area (Å²) in [6.45, 7) is 2.93. The van der Waals surface area contributed by atoms with Gasteiger partial charge in [-0.25, -0.2) is 5.84 Å². The standard InChI is InChI=1S/C8H18N4S/c1-2-4-10-8(12-9)11-7-3-5-13-6-7/h7H,2-6,9H2,1H3,(H2,10,11,12). The number of nitrogens with two attached hydrogens (primary N) is 1. The number of hydrogen-bond acceptors (Lipinski definition) is 3. The zero-order chi connectivity index (χ0) is 9.52. The number of nitrogens with one attached hydrogen (secondary N) is 2. The van der Waals surface area contributed by atoms with Crippen molar-refractivity contribution in [2.45, 2.75) is 25.8 Å². The minimum Gasteiger partial charge on any atom is -0.352 e. The molecule has 0 radical (unpaired) electrons. The van der Waals surface area contributed by atoms with Gasteiger partial charge in [0.2, 0.25) is 5.96 Å². The van der Waals surface area contributed by atoms with Crippen LogP contribution in [-0.4, -0.2) is 30.1 Å². The smallest absolute Gasteiger partial charge is 0.205 e. The predicted molar refractivity (Wildman–Crippen MR) is 58.8 cm³/mol. The Morgan fingerprint density at radius 2 is 2.54 bits per heavy atom. The van der Waals surface area contributed by atoms with E-state index < -0.39 is 0 Å². The predicted octanol–water partition coefficient (Wildman–Crippen LogP) is 0.311. The van der Waals surface area contributed by atoms with Gasteiger partial charge in [0, 0.05) is 18.3 Å². The Kier molecular flexibility index (Phi) is 5.00. The Bertz CT molecular complexity index is 166. The van der Waals surface area contributed by atoms with Crippen molar-refractivity contribution in [3.05, 3.63) is 0 Å². The summed E-state index contributed by atoms with van der Waals surface area (Å²) in [5, 5.41) is 3.29. The van der Waals surface area contributed by atoms with E-state index in [0.29, 0.717) is 6.04 Å². The highest BCUT2D eigenvalue weighted by Gasteiger charge is 2.15. The summed E-state index contributed by atoms with van der Waals surface area (Å²) in [5.41, 5.74) is 2.59. The maximum atomic E-state index is 5.34. The van der Waals surface area contributed by atoms with Gasteiger partial charge in [-0.1, -0.05) is 6.92 Å². The monoisotopic (exact) mass is 202 g/mol. The van der Waals surface area contributed by atoms with Gasteiger partial charge in [-0.3, -0.25) is 10.4 Å². The topological polar surface area (TPSA) is 62.4 Å². The summed E-state index contributed by atoms with van der Waals surface area (Å²) in [4.78, 5) is 4.28. The first-order chi connectivity index (χ1) is 6.36. The maximum Gasteiger partial charge on any atom is 0.205 e. The van der Waals surface area contributed by atoms with Gasteiger partial charge in [-0.15, -0.1) is 0 Å². The molecule has 4 nitrogen and oxygen atoms in total. The van der Waals surface area contributed by atoms with Crippen molar-refractivity contribution in [3.63, 3.8) is 0 Å². The van der Waals surface area contributed by atoms with E-state index in [1.807, 2.05) is 11.8 Å². The number of thioether (sulfide) groups is 1. The molecule has 1 heterocycles. The normalized spacial score (nSPS) is 23.2. The highest BCUT2D eigenvalue weighted by molar-refractivity contribution is 7.99. The van der Waals surface area contributed by atoms with Gasteiger partial charge in [-0.2, -0.15) is 11.8 Å². The molecule has 0 amide bonds. The van der Waals surface area contributed by atoms with E-state index in [1.165, 1.54) is 12.2 Å². The zero-order valence-electron chi connectivity index (χ0n) is 8.05. The van der Waals surface area contributed by atoms with Crippen LogP contribution in [0.2, 0.25) is 0 Å². The fourth-order valence-corrected chi connectivity index (χ4v) is 2.35. The molecule has 1 aliphatic rings. The summed E-state index contributed by atoms with van der Waals surface area (Å²) >= 11 is 1.97. The lowest BCUT2D eigenvalue weighted by Crippen LogP contribution is -2.46. The Labute approximate surface area is 83.7 Å². The van der Waals surface area contributed by atoms with E-state index in [2.05, 4.69) is 22.7 Å². The molecule has 1 aliphatic heterocycles. The molecule has 0 aliphatic carbocycles. The lowest BCUT2D eigenvalue weighted by Gasteiger charge is -2.14. The van der Waals surface area contributed by atoms with Gasteiger partial charge < -0.3 is 5.32 Å². The van der Waals surface area contributed by atoms with E-state index in [9.17, 15) is 0 Å². The largest absolute Gasteiger partial charge is 0.352 e. The molecule has 5 heteroatoms. The van der Waals surface area contributed by atoms with Crippen LogP contribution < -0.4 is 16.6 Å². The summed E-state index contributed by atoms with van der Waals surface area (Å²) in [7, 11) is 0. The third-order valence-electron chi connectivity index (χ3n) is 1.90. The van der Waals surface area contributed by atoms with Crippen LogP contribution in [0.25, 0.3) is 0 Å². The van der Waals surface area contributed by atoms with E-state index in [1.54, 1.807) is 0 Å². The molecule has 0 bridgehead atoms. The Morgan fingerprint density at radius 3 is 3.08 bits per heavy atom. The highest BCUT2D eigenvalue weighted by Crippen LogP contribution is 2.16. The molecule has 0 spiro atoms. The quantitative estimate of drug-likeness (QED) is 0.267. The van der Waals surface area contributed by atoms with Gasteiger partial charge in [0.05, 0.1) is 0 Å². The van der Waals surface area contributed by atoms with Gasteiger partial charge in [-0.05, 0) is 18.6 Å². The van der Waals surface area contributed by atoms with Gasteiger partial charge in [0.25, 0.3) is 0 Å². The number of guanidine groups is 1. The Balaban J connectivity index is 2.29. The van der Waals surface area contributed by atoms with Crippen molar-refractivity contribution in [3.8, 4) is 0 Å². The summed E-state index contributed by atoms with van der Waals surface area (Å²) in [5.74, 6) is 8.47. The Morgan fingerprint density at radius 1 is 1.69 bits per heavy atom. The summed E-state index contributed by atoms with van der Waals surface area (Å²) < 4.78 is 0. The molecule has 1 atom stereocenters. The van der Waals surface area contributed by atoms with Gasteiger partial charge in [0.1, 0.15) is 0 Å². The summed E-state index contributed by atoms with van der Waals surface area (Å²) in [6, 6.07) is 0.539. The van der Waals surface area contributed by atoms with Crippen molar-refractivity contribution in [2.75, 3.05) is 18.1 Å². The molecular formula is C8H18N4S. The summed E-state index contributed by atoms with van der Waals surface area (Å²) in [6.07, 6.45) is 2.25. The first kappa shape index (κ1) is 10.7. The van der Waals surface area contributed by atoms with Crippen LogP contribution in [0.4, 0.5) is 0 Å². The molecule has 4 N–H and O–H groups in total. The lowest BCUT2D eigenvalue weighted by molar-refractivity contribution is 0.656. The van der Waals surface area contributed by atoms with Crippen LogP contribution in [0.15, 0.2) is 4.99 Å². The van der Waals surface area contributed by atoms with Crippen LogP contribution in [0, 0.1) is 0 Å². The number of aliphatic imine (C=N–C) groups is 1. The third kappa shape index (κ3) is 3.87. The molecule has 13 heavy (non-hydrogen) atoms. The zero-order valence-corrected chi connectivity index (χ0v) is 8.86. The fraction of sp³-hybridized carbons (Fsp3) is 0.875. The van der Waals surface area contributed by atoms with Crippen molar-refractivity contribution >= 4 is 17.7 Å². The van der Waals surface area contributed by atoms with Crippen LogP contribution in [-0.2, 0) is 0 Å². The second kappa shape index (κ2) is 6.10. The molecule has 0 aromatic carbocycles. The third-order valence-corrected chi connectivity index (χ3v) is 3.06. The molecular weight excluding hydrogens is 184 g/mol. The van der Waals surface area contributed by atoms with Crippen LogP contribution >= 0.6 is 11.8 Å². The van der Waals surface area contributed by atoms with E-state index in [4.69, 9.17) is 5.84 Å². The van der Waals surface area contributed by atoms with E-state index in [-0.39, 0.29) is 0 Å². The number of hydrazine groups is 1. The molecule has 1 rings (SSSR count). The Hall–Kier alpha value is -0.420. The SMILES string of the molecule is CCCN=C(NN)NC1CCSC1. The molecule has 0 aromatic rings.